The maximum Gasteiger partial charge on any atom is 0.227 e. The van der Waals surface area contributed by atoms with E-state index in [1.54, 1.807) is 0 Å². The van der Waals surface area contributed by atoms with Crippen molar-refractivity contribution >= 4 is 11.6 Å². The van der Waals surface area contributed by atoms with Crippen LogP contribution in [0.15, 0.2) is 28.8 Å². The van der Waals surface area contributed by atoms with Gasteiger partial charge in [0, 0.05) is 6.42 Å². The number of hydrogen-bond donors (Lipinski definition) is 0. The summed E-state index contributed by atoms with van der Waals surface area (Å²) in [7, 11) is 0. The normalized spacial score (nSPS) is 12.6. The molecule has 1 heterocycles. The van der Waals surface area contributed by atoms with E-state index in [1.165, 1.54) is 11.1 Å². The van der Waals surface area contributed by atoms with E-state index >= 15 is 0 Å². The molecule has 4 heteroatoms. The average Bonchev–Trinajstić information content (AvgIpc) is 2.77. The van der Waals surface area contributed by atoms with Crippen molar-refractivity contribution in [3.05, 3.63) is 47.1 Å². The lowest BCUT2D eigenvalue weighted by atomic mass is 10.1. The van der Waals surface area contributed by atoms with Crippen molar-refractivity contribution in [2.45, 2.75) is 32.1 Å². The van der Waals surface area contributed by atoms with Crippen LogP contribution in [-0.4, -0.2) is 10.1 Å². The minimum absolute atomic E-state index is 0.202. The van der Waals surface area contributed by atoms with Gasteiger partial charge in [-0.25, -0.2) is 0 Å². The smallest absolute Gasteiger partial charge is 0.227 e. The van der Waals surface area contributed by atoms with Gasteiger partial charge in [0.25, 0.3) is 0 Å². The lowest BCUT2D eigenvalue weighted by Gasteiger charge is -1.98. The van der Waals surface area contributed by atoms with E-state index in [0.717, 1.165) is 12.8 Å². The van der Waals surface area contributed by atoms with Crippen LogP contribution in [0.1, 0.15) is 35.1 Å². The highest BCUT2D eigenvalue weighted by Gasteiger charge is 2.10. The van der Waals surface area contributed by atoms with Gasteiger partial charge in [-0.15, -0.1) is 11.6 Å². The molecule has 0 aliphatic heterocycles. The summed E-state index contributed by atoms with van der Waals surface area (Å²) >= 11 is 5.87. The average molecular weight is 251 g/mol. The van der Waals surface area contributed by atoms with E-state index in [4.69, 9.17) is 16.1 Å². The van der Waals surface area contributed by atoms with Gasteiger partial charge in [0.1, 0.15) is 0 Å². The summed E-state index contributed by atoms with van der Waals surface area (Å²) in [6.07, 6.45) is 1.65. The third-order valence-electron chi connectivity index (χ3n) is 2.59. The Bertz CT molecular complexity index is 476. The number of rotatable bonds is 4. The van der Waals surface area contributed by atoms with Crippen LogP contribution >= 0.6 is 11.6 Å². The summed E-state index contributed by atoms with van der Waals surface area (Å²) in [6.45, 7) is 3.91. The van der Waals surface area contributed by atoms with Crippen LogP contribution in [0.25, 0.3) is 0 Å². The van der Waals surface area contributed by atoms with Crippen molar-refractivity contribution < 1.29 is 4.52 Å². The molecular formula is C13H15ClN2O. The topological polar surface area (TPSA) is 38.9 Å². The molecule has 0 bridgehead atoms. The molecule has 17 heavy (non-hydrogen) atoms. The number of hydrogen-bond acceptors (Lipinski definition) is 3. The largest absolute Gasteiger partial charge is 0.339 e. The summed E-state index contributed by atoms with van der Waals surface area (Å²) in [5, 5.41) is 3.62. The fourth-order valence-corrected chi connectivity index (χ4v) is 1.63. The molecule has 0 aliphatic rings. The second-order valence-corrected chi connectivity index (χ2v) is 4.80. The first-order chi connectivity index (χ1) is 8.15. The van der Waals surface area contributed by atoms with E-state index in [9.17, 15) is 0 Å². The van der Waals surface area contributed by atoms with Crippen molar-refractivity contribution in [2.75, 3.05) is 0 Å². The van der Waals surface area contributed by atoms with Crippen LogP contribution in [0.4, 0.5) is 0 Å². The van der Waals surface area contributed by atoms with Crippen LogP contribution in [0.3, 0.4) is 0 Å². The van der Waals surface area contributed by atoms with Gasteiger partial charge in [0.05, 0.1) is 5.38 Å². The monoisotopic (exact) mass is 250 g/mol. The van der Waals surface area contributed by atoms with E-state index in [0.29, 0.717) is 11.7 Å². The highest BCUT2D eigenvalue weighted by atomic mass is 35.5. The van der Waals surface area contributed by atoms with Crippen LogP contribution in [0.5, 0.6) is 0 Å². The van der Waals surface area contributed by atoms with Crippen molar-refractivity contribution in [2.24, 2.45) is 0 Å². The standard InChI is InChI=1S/C13H15ClN2O/c1-9-3-5-11(6-4-9)7-8-12-15-13(10(2)14)16-17-12/h3-6,10H,7-8H2,1-2H3. The fourth-order valence-electron chi connectivity index (χ4n) is 1.54. The van der Waals surface area contributed by atoms with Gasteiger partial charge in [-0.05, 0) is 25.8 Å². The molecule has 0 N–H and O–H groups in total. The minimum atomic E-state index is -0.202. The zero-order valence-electron chi connectivity index (χ0n) is 9.98. The second-order valence-electron chi connectivity index (χ2n) is 4.15. The SMILES string of the molecule is Cc1ccc(CCc2nc(C(C)Cl)no2)cc1. The molecule has 1 unspecified atom stereocenters. The first-order valence-electron chi connectivity index (χ1n) is 5.67. The molecule has 0 spiro atoms. The summed E-state index contributed by atoms with van der Waals surface area (Å²) < 4.78 is 5.13. The first-order valence-corrected chi connectivity index (χ1v) is 6.11. The molecule has 0 radical (unpaired) electrons. The molecular weight excluding hydrogens is 236 g/mol. The summed E-state index contributed by atoms with van der Waals surface area (Å²) in [5.74, 6) is 1.21. The summed E-state index contributed by atoms with van der Waals surface area (Å²) in [4.78, 5) is 4.23. The van der Waals surface area contributed by atoms with Crippen LogP contribution in [0, 0.1) is 6.92 Å². The Kier molecular flexibility index (Phi) is 3.79. The summed E-state index contributed by atoms with van der Waals surface area (Å²) in [5.41, 5.74) is 2.54. The molecule has 2 rings (SSSR count). The third-order valence-corrected chi connectivity index (χ3v) is 2.78. The first kappa shape index (κ1) is 12.1. The predicted octanol–water partition coefficient (Wildman–Crippen LogP) is 3.46. The number of aryl methyl sites for hydroxylation is 3. The Balaban J connectivity index is 1.95. The maximum atomic E-state index is 5.87. The Labute approximate surface area is 106 Å². The molecule has 0 amide bonds. The molecule has 2 aromatic rings. The van der Waals surface area contributed by atoms with Gasteiger partial charge < -0.3 is 4.52 Å². The molecule has 0 aliphatic carbocycles. The lowest BCUT2D eigenvalue weighted by Crippen LogP contribution is -1.93. The molecule has 90 valence electrons. The minimum Gasteiger partial charge on any atom is -0.339 e. The molecule has 1 aromatic heterocycles. The third kappa shape index (κ3) is 3.30. The predicted molar refractivity (Wildman–Crippen MR) is 67.2 cm³/mol. The van der Waals surface area contributed by atoms with E-state index in [-0.39, 0.29) is 5.38 Å². The highest BCUT2D eigenvalue weighted by molar-refractivity contribution is 6.20. The van der Waals surface area contributed by atoms with Crippen LogP contribution in [-0.2, 0) is 12.8 Å². The Morgan fingerprint density at radius 2 is 1.94 bits per heavy atom. The lowest BCUT2D eigenvalue weighted by molar-refractivity contribution is 0.373. The molecule has 0 saturated carbocycles. The zero-order valence-corrected chi connectivity index (χ0v) is 10.7. The molecule has 1 atom stereocenters. The van der Waals surface area contributed by atoms with E-state index < -0.39 is 0 Å². The molecule has 3 nitrogen and oxygen atoms in total. The quantitative estimate of drug-likeness (QED) is 0.780. The van der Waals surface area contributed by atoms with Gasteiger partial charge in [0.2, 0.25) is 5.89 Å². The number of benzene rings is 1. The van der Waals surface area contributed by atoms with Gasteiger partial charge in [-0.2, -0.15) is 4.98 Å². The molecule has 1 aromatic carbocycles. The Hall–Kier alpha value is -1.35. The van der Waals surface area contributed by atoms with Gasteiger partial charge in [-0.3, -0.25) is 0 Å². The Morgan fingerprint density at radius 1 is 1.24 bits per heavy atom. The number of alkyl halides is 1. The fraction of sp³-hybridized carbons (Fsp3) is 0.385. The van der Waals surface area contributed by atoms with Crippen molar-refractivity contribution in [1.82, 2.24) is 10.1 Å². The van der Waals surface area contributed by atoms with E-state index in [2.05, 4.69) is 41.3 Å². The number of halogens is 1. The molecule has 0 saturated heterocycles. The van der Waals surface area contributed by atoms with Crippen molar-refractivity contribution in [3.8, 4) is 0 Å². The van der Waals surface area contributed by atoms with Crippen molar-refractivity contribution in [3.63, 3.8) is 0 Å². The molecule has 0 fully saturated rings. The Morgan fingerprint density at radius 3 is 2.53 bits per heavy atom. The van der Waals surface area contributed by atoms with Gasteiger partial charge in [0.15, 0.2) is 5.82 Å². The summed E-state index contributed by atoms with van der Waals surface area (Å²) in [6, 6.07) is 8.46. The maximum absolute atomic E-state index is 5.87. The van der Waals surface area contributed by atoms with E-state index in [1.807, 2.05) is 6.92 Å². The van der Waals surface area contributed by atoms with Crippen LogP contribution in [0.2, 0.25) is 0 Å². The van der Waals surface area contributed by atoms with Gasteiger partial charge >= 0.3 is 0 Å². The van der Waals surface area contributed by atoms with Crippen LogP contribution < -0.4 is 0 Å². The number of aromatic nitrogens is 2. The van der Waals surface area contributed by atoms with Crippen molar-refractivity contribution in [1.29, 1.82) is 0 Å². The zero-order chi connectivity index (χ0) is 12.3. The number of nitrogens with zero attached hydrogens (tertiary/aromatic N) is 2. The highest BCUT2D eigenvalue weighted by Crippen LogP contribution is 2.16. The second kappa shape index (κ2) is 5.32. The van der Waals surface area contributed by atoms with Gasteiger partial charge in [-0.1, -0.05) is 35.0 Å².